The van der Waals surface area contributed by atoms with Gasteiger partial charge in [-0.3, -0.25) is 0 Å². The van der Waals surface area contributed by atoms with Gasteiger partial charge in [0, 0.05) is 28.5 Å². The molecule has 0 fully saturated rings. The van der Waals surface area contributed by atoms with Crippen molar-refractivity contribution < 1.29 is 4.74 Å². The first-order chi connectivity index (χ1) is 11.4. The van der Waals surface area contributed by atoms with Crippen molar-refractivity contribution >= 4 is 17.3 Å². The van der Waals surface area contributed by atoms with E-state index in [1.54, 1.807) is 0 Å². The van der Waals surface area contributed by atoms with Crippen molar-refractivity contribution in [2.45, 2.75) is 53.9 Å². The van der Waals surface area contributed by atoms with Gasteiger partial charge in [0.2, 0.25) is 5.88 Å². The Kier molecular flexibility index (Phi) is 6.50. The lowest BCUT2D eigenvalue weighted by molar-refractivity contribution is 0.451. The summed E-state index contributed by atoms with van der Waals surface area (Å²) in [5.74, 6) is 1.49. The number of halogens is 1. The van der Waals surface area contributed by atoms with Crippen LogP contribution < -0.4 is 10.1 Å². The molecule has 0 atom stereocenters. The van der Waals surface area contributed by atoms with E-state index in [9.17, 15) is 0 Å². The number of nitrogens with one attached hydrogen (secondary N) is 1. The van der Waals surface area contributed by atoms with Crippen LogP contribution in [0.15, 0.2) is 18.2 Å². The minimum absolute atomic E-state index is 0.654. The van der Waals surface area contributed by atoms with Gasteiger partial charge in [0.25, 0.3) is 0 Å². The van der Waals surface area contributed by atoms with Gasteiger partial charge in [-0.05, 0) is 63.4 Å². The highest BCUT2D eigenvalue weighted by atomic mass is 35.5. The van der Waals surface area contributed by atoms with Gasteiger partial charge in [0.15, 0.2) is 0 Å². The second-order valence-corrected chi connectivity index (χ2v) is 6.78. The van der Waals surface area contributed by atoms with E-state index in [1.807, 2.05) is 39.8 Å². The first-order valence-electron chi connectivity index (χ1n) is 8.59. The molecule has 0 aliphatic rings. The Balaban J connectivity index is 2.26. The van der Waals surface area contributed by atoms with Gasteiger partial charge in [-0.25, -0.2) is 4.98 Å². The van der Waals surface area contributed by atoms with Crippen LogP contribution >= 0.6 is 11.6 Å². The average Bonchev–Trinajstić information content (AvgIpc) is 2.51. The van der Waals surface area contributed by atoms with Crippen molar-refractivity contribution in [3.05, 3.63) is 45.6 Å². The fourth-order valence-corrected chi connectivity index (χ4v) is 3.07. The highest BCUT2D eigenvalue weighted by molar-refractivity contribution is 6.30. The number of benzene rings is 1. The smallest absolute Gasteiger partial charge is 0.224 e. The fraction of sp³-hybridized carbons (Fsp3) is 0.450. The lowest BCUT2D eigenvalue weighted by Crippen LogP contribution is -2.06. The zero-order chi connectivity index (χ0) is 17.7. The average molecular weight is 347 g/mol. The first-order valence-corrected chi connectivity index (χ1v) is 8.97. The molecule has 0 saturated heterocycles. The Hall–Kier alpha value is -1.74. The van der Waals surface area contributed by atoms with Crippen molar-refractivity contribution in [1.29, 1.82) is 0 Å². The van der Waals surface area contributed by atoms with Crippen LogP contribution in [0.25, 0.3) is 0 Å². The molecule has 2 aromatic rings. The lowest BCUT2D eigenvalue weighted by Gasteiger charge is -2.17. The molecule has 3 nitrogen and oxygen atoms in total. The van der Waals surface area contributed by atoms with Gasteiger partial charge in [-0.1, -0.05) is 31.4 Å². The number of aromatic nitrogens is 1. The predicted octanol–water partition coefficient (Wildman–Crippen LogP) is 6.36. The molecule has 0 aliphatic carbocycles. The summed E-state index contributed by atoms with van der Waals surface area (Å²) in [4.78, 5) is 4.58. The summed E-state index contributed by atoms with van der Waals surface area (Å²) in [5.41, 5.74) is 5.10. The molecule has 0 spiro atoms. The summed E-state index contributed by atoms with van der Waals surface area (Å²) >= 11 is 6.11. The van der Waals surface area contributed by atoms with E-state index in [0.29, 0.717) is 5.88 Å². The molecule has 1 heterocycles. The monoisotopic (exact) mass is 346 g/mol. The maximum absolute atomic E-state index is 6.16. The van der Waals surface area contributed by atoms with E-state index < -0.39 is 0 Å². The Labute approximate surface area is 150 Å². The summed E-state index contributed by atoms with van der Waals surface area (Å²) in [6.45, 7) is 11.2. The SMILES string of the molecule is CCCCCNc1cc(C)nc(Oc2c(C)cc(Cl)cc2C)c1C. The molecular weight excluding hydrogens is 320 g/mol. The second kappa shape index (κ2) is 8.39. The minimum Gasteiger partial charge on any atom is -0.438 e. The number of ether oxygens (including phenoxy) is 1. The summed E-state index contributed by atoms with van der Waals surface area (Å²) in [7, 11) is 0. The van der Waals surface area contributed by atoms with Crippen LogP contribution in [0.5, 0.6) is 11.6 Å². The maximum atomic E-state index is 6.16. The largest absolute Gasteiger partial charge is 0.438 e. The number of hydrogen-bond donors (Lipinski definition) is 1. The standard InChI is InChI=1S/C20H27ClN2O/c1-6-7-8-9-22-18-12-15(4)23-20(16(18)5)24-19-13(2)10-17(21)11-14(19)3/h10-12H,6-9H2,1-5H3,(H,22,23). The van der Waals surface area contributed by atoms with Gasteiger partial charge in [0.05, 0.1) is 0 Å². The number of pyridine rings is 1. The molecule has 1 N–H and O–H groups in total. The molecule has 0 unspecified atom stereocenters. The van der Waals surface area contributed by atoms with E-state index in [4.69, 9.17) is 16.3 Å². The fourth-order valence-electron chi connectivity index (χ4n) is 2.74. The minimum atomic E-state index is 0.654. The predicted molar refractivity (Wildman–Crippen MR) is 103 cm³/mol. The van der Waals surface area contributed by atoms with Gasteiger partial charge in [-0.15, -0.1) is 0 Å². The Bertz CT molecular complexity index is 690. The zero-order valence-corrected chi connectivity index (χ0v) is 16.0. The molecule has 0 saturated carbocycles. The summed E-state index contributed by atoms with van der Waals surface area (Å²) in [6.07, 6.45) is 3.63. The number of hydrogen-bond acceptors (Lipinski definition) is 3. The summed E-state index contributed by atoms with van der Waals surface area (Å²) < 4.78 is 6.16. The van der Waals surface area contributed by atoms with Crippen LogP contribution in [0, 0.1) is 27.7 Å². The number of nitrogens with zero attached hydrogens (tertiary/aromatic N) is 1. The Morgan fingerprint density at radius 2 is 1.71 bits per heavy atom. The van der Waals surface area contributed by atoms with Crippen LogP contribution in [0.1, 0.15) is 48.6 Å². The molecule has 0 bridgehead atoms. The second-order valence-electron chi connectivity index (χ2n) is 6.35. The summed E-state index contributed by atoms with van der Waals surface area (Å²) in [5, 5.41) is 4.24. The van der Waals surface area contributed by atoms with Crippen LogP contribution in [-0.2, 0) is 0 Å². The van der Waals surface area contributed by atoms with Crippen molar-refractivity contribution in [2.75, 3.05) is 11.9 Å². The van der Waals surface area contributed by atoms with Gasteiger partial charge in [0.1, 0.15) is 5.75 Å². The van der Waals surface area contributed by atoms with Crippen LogP contribution in [0.4, 0.5) is 5.69 Å². The Morgan fingerprint density at radius 1 is 1.04 bits per heavy atom. The third-order valence-electron chi connectivity index (χ3n) is 4.08. The quantitative estimate of drug-likeness (QED) is 0.592. The molecule has 1 aromatic heterocycles. The van der Waals surface area contributed by atoms with Crippen LogP contribution in [0.2, 0.25) is 5.02 Å². The van der Waals surface area contributed by atoms with Crippen molar-refractivity contribution in [3.8, 4) is 11.6 Å². The lowest BCUT2D eigenvalue weighted by atomic mass is 10.1. The number of rotatable bonds is 7. The van der Waals surface area contributed by atoms with E-state index in [2.05, 4.69) is 23.3 Å². The molecule has 1 aromatic carbocycles. The third kappa shape index (κ3) is 4.64. The number of anilines is 1. The van der Waals surface area contributed by atoms with E-state index in [0.717, 1.165) is 45.4 Å². The van der Waals surface area contributed by atoms with Crippen molar-refractivity contribution in [2.24, 2.45) is 0 Å². The summed E-state index contributed by atoms with van der Waals surface area (Å²) in [6, 6.07) is 5.91. The van der Waals surface area contributed by atoms with E-state index in [1.165, 1.54) is 19.3 Å². The topological polar surface area (TPSA) is 34.2 Å². The molecule has 130 valence electrons. The van der Waals surface area contributed by atoms with Crippen molar-refractivity contribution in [3.63, 3.8) is 0 Å². The Morgan fingerprint density at radius 3 is 2.33 bits per heavy atom. The molecular formula is C20H27ClN2O. The highest BCUT2D eigenvalue weighted by Crippen LogP contribution is 2.34. The van der Waals surface area contributed by atoms with Crippen LogP contribution in [0.3, 0.4) is 0 Å². The molecule has 0 radical (unpaired) electrons. The van der Waals surface area contributed by atoms with E-state index >= 15 is 0 Å². The molecule has 2 rings (SSSR count). The molecule has 0 amide bonds. The van der Waals surface area contributed by atoms with Gasteiger partial charge >= 0.3 is 0 Å². The van der Waals surface area contributed by atoms with Gasteiger partial charge in [-0.2, -0.15) is 0 Å². The highest BCUT2D eigenvalue weighted by Gasteiger charge is 2.13. The molecule has 24 heavy (non-hydrogen) atoms. The van der Waals surface area contributed by atoms with Crippen LogP contribution in [-0.4, -0.2) is 11.5 Å². The molecule has 4 heteroatoms. The number of aryl methyl sites for hydroxylation is 3. The zero-order valence-electron chi connectivity index (χ0n) is 15.3. The molecule has 0 aliphatic heterocycles. The van der Waals surface area contributed by atoms with Gasteiger partial charge < -0.3 is 10.1 Å². The maximum Gasteiger partial charge on any atom is 0.224 e. The van der Waals surface area contributed by atoms with E-state index in [-0.39, 0.29) is 0 Å². The normalized spacial score (nSPS) is 10.8. The first kappa shape index (κ1) is 18.6. The van der Waals surface area contributed by atoms with Crippen molar-refractivity contribution in [1.82, 2.24) is 4.98 Å². The third-order valence-corrected chi connectivity index (χ3v) is 4.29. The number of unbranched alkanes of at least 4 members (excludes halogenated alkanes) is 2.